The Labute approximate surface area is 163 Å². The Balaban J connectivity index is 1.66. The molecule has 0 bridgehead atoms. The van der Waals surface area contributed by atoms with Crippen molar-refractivity contribution in [2.24, 2.45) is 4.99 Å². The number of hydrogen-bond acceptors (Lipinski definition) is 4. The summed E-state index contributed by atoms with van der Waals surface area (Å²) in [5, 5.41) is 3.47. The molecule has 1 aromatic carbocycles. The second-order valence-electron chi connectivity index (χ2n) is 7.22. The summed E-state index contributed by atoms with van der Waals surface area (Å²) in [6, 6.07) is 6.74. The smallest absolute Gasteiger partial charge is 0.194 e. The van der Waals surface area contributed by atoms with E-state index < -0.39 is 0 Å². The van der Waals surface area contributed by atoms with Crippen LogP contribution in [-0.4, -0.2) is 68.2 Å². The highest BCUT2D eigenvalue weighted by Gasteiger charge is 2.30. The number of aliphatic imine (C=N–C) groups is 1. The van der Waals surface area contributed by atoms with Crippen LogP contribution in [-0.2, 0) is 6.54 Å². The molecule has 150 valence electrons. The number of rotatable bonds is 7. The van der Waals surface area contributed by atoms with Crippen LogP contribution in [0.5, 0.6) is 11.5 Å². The number of nitrogens with one attached hydrogen (secondary N) is 1. The molecule has 3 rings (SSSR count). The molecule has 0 aliphatic carbocycles. The van der Waals surface area contributed by atoms with E-state index in [2.05, 4.69) is 28.1 Å². The molecule has 0 spiro atoms. The average Bonchev–Trinajstić information content (AvgIpc) is 3.37. The van der Waals surface area contributed by atoms with Crippen molar-refractivity contribution in [3.63, 3.8) is 0 Å². The summed E-state index contributed by atoms with van der Waals surface area (Å²) in [5.41, 5.74) is 1.13. The Hall–Kier alpha value is -1.95. The maximum Gasteiger partial charge on any atom is 0.194 e. The van der Waals surface area contributed by atoms with Gasteiger partial charge in [0.2, 0.25) is 0 Å². The Bertz CT molecular complexity index is 629. The fraction of sp³-hybridized carbons (Fsp3) is 0.667. The molecule has 27 heavy (non-hydrogen) atoms. The molecule has 1 atom stereocenters. The fourth-order valence-electron chi connectivity index (χ4n) is 4.02. The van der Waals surface area contributed by atoms with Gasteiger partial charge in [-0.15, -0.1) is 0 Å². The van der Waals surface area contributed by atoms with Crippen LogP contribution in [0, 0.1) is 0 Å². The van der Waals surface area contributed by atoms with E-state index in [0.29, 0.717) is 19.2 Å². The van der Waals surface area contributed by atoms with E-state index in [9.17, 15) is 0 Å². The Morgan fingerprint density at radius 1 is 1.19 bits per heavy atom. The summed E-state index contributed by atoms with van der Waals surface area (Å²) in [5.74, 6) is 2.57. The molecule has 2 heterocycles. The molecule has 2 aliphatic rings. The van der Waals surface area contributed by atoms with E-state index in [1.165, 1.54) is 32.4 Å². The first-order valence-corrected chi connectivity index (χ1v) is 10.3. The molecule has 0 aromatic heterocycles. The predicted molar refractivity (Wildman–Crippen MR) is 110 cm³/mol. The summed E-state index contributed by atoms with van der Waals surface area (Å²) in [4.78, 5) is 9.97. The van der Waals surface area contributed by atoms with Crippen LogP contribution in [0.4, 0.5) is 0 Å². The lowest BCUT2D eigenvalue weighted by Crippen LogP contribution is -2.42. The van der Waals surface area contributed by atoms with Crippen molar-refractivity contribution in [1.82, 2.24) is 15.1 Å². The summed E-state index contributed by atoms with van der Waals surface area (Å²) < 4.78 is 11.1. The number of guanidine groups is 1. The summed E-state index contributed by atoms with van der Waals surface area (Å²) in [6.07, 6.45) is 3.94. The van der Waals surface area contributed by atoms with Crippen molar-refractivity contribution >= 4 is 5.96 Å². The van der Waals surface area contributed by atoms with E-state index >= 15 is 0 Å². The number of hydrogen-bond donors (Lipinski definition) is 1. The standard InChI is InChI=1S/C21H34N4O2/c1-4-22-21(25-13-10-18(16-25)24-11-6-7-12-24)23-15-17-8-9-19(26-3)20(14-17)27-5-2/h8-9,14,18H,4-7,10-13,15-16H2,1-3H3,(H,22,23). The van der Waals surface area contributed by atoms with E-state index in [4.69, 9.17) is 14.5 Å². The number of nitrogens with zero attached hydrogens (tertiary/aromatic N) is 3. The van der Waals surface area contributed by atoms with E-state index in [1.54, 1.807) is 7.11 Å². The maximum atomic E-state index is 5.69. The monoisotopic (exact) mass is 374 g/mol. The maximum absolute atomic E-state index is 5.69. The van der Waals surface area contributed by atoms with Gasteiger partial charge < -0.3 is 19.7 Å². The van der Waals surface area contributed by atoms with E-state index in [0.717, 1.165) is 42.7 Å². The largest absolute Gasteiger partial charge is 0.493 e. The molecule has 2 fully saturated rings. The zero-order valence-electron chi connectivity index (χ0n) is 17.0. The number of benzene rings is 1. The lowest BCUT2D eigenvalue weighted by molar-refractivity contribution is 0.249. The molecule has 0 amide bonds. The van der Waals surface area contributed by atoms with Gasteiger partial charge in [-0.1, -0.05) is 6.07 Å². The molecule has 6 nitrogen and oxygen atoms in total. The Kier molecular flexibility index (Phi) is 7.21. The zero-order chi connectivity index (χ0) is 19.1. The average molecular weight is 375 g/mol. The highest BCUT2D eigenvalue weighted by Crippen LogP contribution is 2.28. The van der Waals surface area contributed by atoms with Crippen molar-refractivity contribution in [1.29, 1.82) is 0 Å². The molecular formula is C21H34N4O2. The van der Waals surface area contributed by atoms with Crippen LogP contribution in [0.25, 0.3) is 0 Å². The first kappa shape index (κ1) is 19.8. The summed E-state index contributed by atoms with van der Waals surface area (Å²) in [6.45, 7) is 10.9. The van der Waals surface area contributed by atoms with Gasteiger partial charge in [0.15, 0.2) is 17.5 Å². The quantitative estimate of drug-likeness (QED) is 0.587. The van der Waals surface area contributed by atoms with Crippen molar-refractivity contribution < 1.29 is 9.47 Å². The lowest BCUT2D eigenvalue weighted by Gasteiger charge is -2.25. The van der Waals surface area contributed by atoms with Crippen molar-refractivity contribution in [3.05, 3.63) is 23.8 Å². The number of methoxy groups -OCH3 is 1. The molecule has 1 N–H and O–H groups in total. The van der Waals surface area contributed by atoms with Gasteiger partial charge in [-0.2, -0.15) is 0 Å². The minimum Gasteiger partial charge on any atom is -0.493 e. The minimum absolute atomic E-state index is 0.622. The third-order valence-corrected chi connectivity index (χ3v) is 5.39. The topological polar surface area (TPSA) is 49.3 Å². The second kappa shape index (κ2) is 9.83. The molecule has 6 heteroatoms. The van der Waals surface area contributed by atoms with Gasteiger partial charge >= 0.3 is 0 Å². The van der Waals surface area contributed by atoms with Crippen molar-refractivity contribution in [3.8, 4) is 11.5 Å². The van der Waals surface area contributed by atoms with Crippen LogP contribution in [0.15, 0.2) is 23.2 Å². The lowest BCUT2D eigenvalue weighted by atomic mass is 10.2. The Morgan fingerprint density at radius 2 is 2.00 bits per heavy atom. The van der Waals surface area contributed by atoms with Crippen LogP contribution in [0.1, 0.15) is 38.7 Å². The first-order valence-electron chi connectivity index (χ1n) is 10.3. The molecule has 1 aromatic rings. The number of likely N-dealkylation sites (tertiary alicyclic amines) is 2. The van der Waals surface area contributed by atoms with Gasteiger partial charge in [-0.25, -0.2) is 4.99 Å². The third-order valence-electron chi connectivity index (χ3n) is 5.39. The van der Waals surface area contributed by atoms with Crippen molar-refractivity contribution in [2.45, 2.75) is 45.7 Å². The fourth-order valence-corrected chi connectivity index (χ4v) is 4.02. The van der Waals surface area contributed by atoms with Crippen LogP contribution in [0.2, 0.25) is 0 Å². The second-order valence-corrected chi connectivity index (χ2v) is 7.22. The normalized spacial score (nSPS) is 20.9. The summed E-state index contributed by atoms with van der Waals surface area (Å²) in [7, 11) is 1.67. The van der Waals surface area contributed by atoms with Gasteiger partial charge in [0.05, 0.1) is 20.3 Å². The zero-order valence-corrected chi connectivity index (χ0v) is 17.0. The van der Waals surface area contributed by atoms with Gasteiger partial charge in [-0.05, 0) is 63.9 Å². The third kappa shape index (κ3) is 5.06. The SMILES string of the molecule is CCNC(=NCc1ccc(OC)c(OCC)c1)N1CCC(N2CCCC2)C1. The molecular weight excluding hydrogens is 340 g/mol. The molecule has 0 saturated carbocycles. The number of ether oxygens (including phenoxy) is 2. The van der Waals surface area contributed by atoms with Gasteiger partial charge in [0.1, 0.15) is 0 Å². The summed E-state index contributed by atoms with van der Waals surface area (Å²) >= 11 is 0. The molecule has 2 saturated heterocycles. The molecule has 2 aliphatic heterocycles. The van der Waals surface area contributed by atoms with Gasteiger partial charge in [0, 0.05) is 25.7 Å². The highest BCUT2D eigenvalue weighted by atomic mass is 16.5. The molecule has 1 unspecified atom stereocenters. The van der Waals surface area contributed by atoms with Crippen LogP contribution >= 0.6 is 0 Å². The Morgan fingerprint density at radius 3 is 2.70 bits per heavy atom. The van der Waals surface area contributed by atoms with Crippen LogP contribution in [0.3, 0.4) is 0 Å². The molecule has 0 radical (unpaired) electrons. The van der Waals surface area contributed by atoms with Crippen LogP contribution < -0.4 is 14.8 Å². The van der Waals surface area contributed by atoms with E-state index in [1.807, 2.05) is 19.1 Å². The first-order chi connectivity index (χ1) is 13.2. The van der Waals surface area contributed by atoms with Crippen molar-refractivity contribution in [2.75, 3.05) is 46.4 Å². The highest BCUT2D eigenvalue weighted by molar-refractivity contribution is 5.80. The van der Waals surface area contributed by atoms with E-state index in [-0.39, 0.29) is 0 Å². The van der Waals surface area contributed by atoms with Gasteiger partial charge in [-0.3, -0.25) is 4.90 Å². The van der Waals surface area contributed by atoms with Gasteiger partial charge in [0.25, 0.3) is 0 Å². The minimum atomic E-state index is 0.622. The predicted octanol–water partition coefficient (Wildman–Crippen LogP) is 2.73.